The van der Waals surface area contributed by atoms with Crippen LogP contribution in [0.3, 0.4) is 0 Å². The first-order chi connectivity index (χ1) is 14.9. The summed E-state index contributed by atoms with van der Waals surface area (Å²) >= 11 is 13.2. The second kappa shape index (κ2) is 9.44. The molecule has 1 aromatic heterocycles. The number of pyridine rings is 1. The maximum absolute atomic E-state index is 13.5. The molecular weight excluding hydrogens is 458 g/mol. The number of carbonyl (C=O) groups is 1. The molecule has 0 fully saturated rings. The Hall–Kier alpha value is -2.32. The number of hydrogen-bond acceptors (Lipinski definition) is 5. The van der Waals surface area contributed by atoms with Crippen LogP contribution in [0.25, 0.3) is 0 Å². The average Bonchev–Trinajstić information content (AvgIpc) is 2.76. The Labute approximate surface area is 193 Å². The van der Waals surface area contributed by atoms with Crippen LogP contribution in [0.4, 0.5) is 15.9 Å². The number of amides is 1. The van der Waals surface area contributed by atoms with Crippen LogP contribution in [0, 0.1) is 5.82 Å². The van der Waals surface area contributed by atoms with Crippen molar-refractivity contribution in [1.29, 1.82) is 0 Å². The summed E-state index contributed by atoms with van der Waals surface area (Å²) in [6.07, 6.45) is 2.05. The third-order valence-corrected chi connectivity index (χ3v) is 6.41. The molecule has 3 aromatic rings. The topological polar surface area (TPSA) is 71.2 Å². The molecule has 4 rings (SSSR count). The van der Waals surface area contributed by atoms with Crippen molar-refractivity contribution in [1.82, 2.24) is 4.98 Å². The quantitative estimate of drug-likeness (QED) is 0.492. The highest BCUT2D eigenvalue weighted by Gasteiger charge is 2.22. The molecule has 9 heteroatoms. The Balaban J connectivity index is 1.55. The van der Waals surface area contributed by atoms with Gasteiger partial charge in [0.25, 0.3) is 0 Å². The van der Waals surface area contributed by atoms with Gasteiger partial charge >= 0.3 is 0 Å². The molecule has 0 radical (unpaired) electrons. The molecule has 2 heterocycles. The highest BCUT2D eigenvalue weighted by Crippen LogP contribution is 2.33. The van der Waals surface area contributed by atoms with E-state index in [0.29, 0.717) is 29.6 Å². The Morgan fingerprint density at radius 3 is 2.77 bits per heavy atom. The number of halogens is 3. The molecule has 0 atom stereocenters. The number of benzene rings is 2. The lowest BCUT2D eigenvalue weighted by Gasteiger charge is -2.31. The number of anilines is 2. The Morgan fingerprint density at radius 1 is 1.23 bits per heavy atom. The van der Waals surface area contributed by atoms with Crippen LogP contribution in [0.2, 0.25) is 10.0 Å². The first-order valence-electron chi connectivity index (χ1n) is 9.56. The van der Waals surface area contributed by atoms with E-state index in [0.717, 1.165) is 46.2 Å². The van der Waals surface area contributed by atoms with Gasteiger partial charge in [0.2, 0.25) is 5.91 Å². The minimum Gasteiger partial charge on any atom is -0.352 e. The molecule has 0 saturated carbocycles. The van der Waals surface area contributed by atoms with Gasteiger partial charge in [0.15, 0.2) is 5.82 Å². The second-order valence-corrected chi connectivity index (χ2v) is 8.66. The van der Waals surface area contributed by atoms with Gasteiger partial charge in [-0.25, -0.2) is 9.37 Å². The lowest BCUT2D eigenvalue weighted by molar-refractivity contribution is -0.115. The molecule has 0 bridgehead atoms. The standard InChI is InChI=1S/C22H19Cl2FN4OS/c23-17-4-2-1-3-13(17)8-22(30)28-15-7-14-12-29(6-5-16(14)20(9-15)31-26)21-10-18(24)19(25)11-27-21/h1-4,7,9-11H,5-6,8,12,26H2,(H,28,30). The van der Waals surface area contributed by atoms with E-state index < -0.39 is 5.82 Å². The minimum atomic E-state index is -0.548. The van der Waals surface area contributed by atoms with Crippen molar-refractivity contribution >= 4 is 52.6 Å². The molecular formula is C22H19Cl2FN4OS. The van der Waals surface area contributed by atoms with Gasteiger partial charge < -0.3 is 10.2 Å². The number of aromatic nitrogens is 1. The lowest BCUT2D eigenvalue weighted by Crippen LogP contribution is -2.31. The second-order valence-electron chi connectivity index (χ2n) is 7.17. The predicted octanol–water partition coefficient (Wildman–Crippen LogP) is 5.24. The van der Waals surface area contributed by atoms with Crippen molar-refractivity contribution in [2.45, 2.75) is 24.3 Å². The third kappa shape index (κ3) is 4.96. The lowest BCUT2D eigenvalue weighted by atomic mass is 9.98. The zero-order chi connectivity index (χ0) is 22.0. The van der Waals surface area contributed by atoms with Crippen LogP contribution in [0.15, 0.2) is 53.6 Å². The van der Waals surface area contributed by atoms with Crippen LogP contribution in [-0.4, -0.2) is 17.4 Å². The average molecular weight is 477 g/mol. The van der Waals surface area contributed by atoms with Crippen LogP contribution in [0.1, 0.15) is 16.7 Å². The molecule has 0 spiro atoms. The van der Waals surface area contributed by atoms with Gasteiger partial charge in [-0.05, 0) is 53.3 Å². The monoisotopic (exact) mass is 476 g/mol. The largest absolute Gasteiger partial charge is 0.352 e. The summed E-state index contributed by atoms with van der Waals surface area (Å²) in [5.41, 5.74) is 3.59. The van der Waals surface area contributed by atoms with Crippen LogP contribution >= 0.6 is 35.1 Å². The van der Waals surface area contributed by atoms with E-state index in [1.54, 1.807) is 6.07 Å². The molecule has 160 valence electrons. The summed E-state index contributed by atoms with van der Waals surface area (Å²) in [6.45, 7) is 1.25. The fourth-order valence-corrected chi connectivity index (χ4v) is 4.55. The molecule has 0 saturated heterocycles. The third-order valence-electron chi connectivity index (χ3n) is 5.13. The van der Waals surface area contributed by atoms with Gasteiger partial charge in [0, 0.05) is 34.8 Å². The smallest absolute Gasteiger partial charge is 0.228 e. The summed E-state index contributed by atoms with van der Waals surface area (Å²) in [5.74, 6) is -0.110. The Morgan fingerprint density at radius 2 is 2.03 bits per heavy atom. The predicted molar refractivity (Wildman–Crippen MR) is 124 cm³/mol. The van der Waals surface area contributed by atoms with E-state index in [-0.39, 0.29) is 17.4 Å². The van der Waals surface area contributed by atoms with Crippen LogP contribution in [0.5, 0.6) is 0 Å². The number of carbonyl (C=O) groups excluding carboxylic acids is 1. The molecule has 5 nitrogen and oxygen atoms in total. The number of fused-ring (bicyclic) bond motifs is 1. The van der Waals surface area contributed by atoms with Gasteiger partial charge in [0.05, 0.1) is 17.6 Å². The molecule has 1 amide bonds. The summed E-state index contributed by atoms with van der Waals surface area (Å²) in [5, 5.41) is 9.44. The highest BCUT2D eigenvalue weighted by molar-refractivity contribution is 7.97. The molecule has 2 aromatic carbocycles. The van der Waals surface area contributed by atoms with Crippen molar-refractivity contribution in [2.24, 2.45) is 5.14 Å². The normalized spacial score (nSPS) is 13.1. The van der Waals surface area contributed by atoms with E-state index in [1.165, 1.54) is 6.07 Å². The number of nitrogens with two attached hydrogens (primary N) is 1. The summed E-state index contributed by atoms with van der Waals surface area (Å²) in [6, 6.07) is 12.6. The molecule has 1 aliphatic rings. The SMILES string of the molecule is NSc1cc(NC(=O)Cc2ccccc2Cl)cc2c1CCN(c1cc(Cl)c(F)cn1)C2. The van der Waals surface area contributed by atoms with Crippen molar-refractivity contribution < 1.29 is 9.18 Å². The van der Waals surface area contributed by atoms with E-state index in [9.17, 15) is 9.18 Å². The van der Waals surface area contributed by atoms with E-state index in [4.69, 9.17) is 28.3 Å². The van der Waals surface area contributed by atoms with Crippen LogP contribution in [-0.2, 0) is 24.2 Å². The Kier molecular flexibility index (Phi) is 6.67. The summed E-state index contributed by atoms with van der Waals surface area (Å²) < 4.78 is 13.5. The number of rotatable bonds is 5. The van der Waals surface area contributed by atoms with Gasteiger partial charge in [0.1, 0.15) is 5.82 Å². The Bertz CT molecular complexity index is 1140. The molecule has 1 aliphatic heterocycles. The van der Waals surface area contributed by atoms with Gasteiger partial charge in [-0.3, -0.25) is 9.93 Å². The van der Waals surface area contributed by atoms with Gasteiger partial charge in [-0.2, -0.15) is 0 Å². The highest BCUT2D eigenvalue weighted by atomic mass is 35.5. The summed E-state index contributed by atoms with van der Waals surface area (Å²) in [4.78, 5) is 19.7. The fourth-order valence-electron chi connectivity index (χ4n) is 3.63. The maximum atomic E-state index is 13.5. The first kappa shape index (κ1) is 21.9. The van der Waals surface area contributed by atoms with E-state index in [1.807, 2.05) is 35.2 Å². The number of hydrogen-bond donors (Lipinski definition) is 2. The van der Waals surface area contributed by atoms with Crippen LogP contribution < -0.4 is 15.4 Å². The van der Waals surface area contributed by atoms with Crippen molar-refractivity contribution in [3.05, 3.63) is 81.2 Å². The molecule has 0 aliphatic carbocycles. The first-order valence-corrected chi connectivity index (χ1v) is 11.2. The van der Waals surface area contributed by atoms with Gasteiger partial charge in [-0.15, -0.1) is 0 Å². The number of nitrogens with zero attached hydrogens (tertiary/aromatic N) is 2. The molecule has 3 N–H and O–H groups in total. The molecule has 0 unspecified atom stereocenters. The molecule has 31 heavy (non-hydrogen) atoms. The van der Waals surface area contributed by atoms with E-state index in [2.05, 4.69) is 10.3 Å². The maximum Gasteiger partial charge on any atom is 0.228 e. The summed E-state index contributed by atoms with van der Waals surface area (Å²) in [7, 11) is 0. The zero-order valence-electron chi connectivity index (χ0n) is 16.4. The van der Waals surface area contributed by atoms with Crippen molar-refractivity contribution in [3.63, 3.8) is 0 Å². The van der Waals surface area contributed by atoms with Gasteiger partial charge in [-0.1, -0.05) is 41.4 Å². The van der Waals surface area contributed by atoms with Crippen molar-refractivity contribution in [2.75, 3.05) is 16.8 Å². The van der Waals surface area contributed by atoms with Crippen molar-refractivity contribution in [3.8, 4) is 0 Å². The number of nitrogens with one attached hydrogen (secondary N) is 1. The zero-order valence-corrected chi connectivity index (χ0v) is 18.7. The van der Waals surface area contributed by atoms with E-state index >= 15 is 0 Å². The minimum absolute atomic E-state index is 0.0367. The fraction of sp³-hybridized carbons (Fsp3) is 0.182.